The molecule has 1 saturated heterocycles. The Morgan fingerprint density at radius 2 is 1.69 bits per heavy atom. The van der Waals surface area contributed by atoms with Gasteiger partial charge in [0.2, 0.25) is 10.0 Å². The van der Waals surface area contributed by atoms with Crippen molar-refractivity contribution in [1.29, 1.82) is 0 Å². The van der Waals surface area contributed by atoms with Gasteiger partial charge in [-0.15, -0.1) is 0 Å². The molecule has 29 heavy (non-hydrogen) atoms. The summed E-state index contributed by atoms with van der Waals surface area (Å²) in [5, 5.41) is 3.43. The molecular formula is C20H20ClN3O4S. The zero-order valence-corrected chi connectivity index (χ0v) is 17.3. The van der Waals surface area contributed by atoms with E-state index < -0.39 is 15.7 Å². The second kappa shape index (κ2) is 7.44. The van der Waals surface area contributed by atoms with Crippen LogP contribution < -0.4 is 10.1 Å². The van der Waals surface area contributed by atoms with Gasteiger partial charge >= 0.3 is 0 Å². The van der Waals surface area contributed by atoms with E-state index in [1.54, 1.807) is 43.5 Å². The Morgan fingerprint density at radius 3 is 2.28 bits per heavy atom. The van der Waals surface area contributed by atoms with Crippen molar-refractivity contribution in [2.45, 2.75) is 23.4 Å². The molecule has 0 unspecified atom stereocenters. The number of carbonyl (C=O) groups excluding carboxylic acids is 1. The van der Waals surface area contributed by atoms with Gasteiger partial charge in [-0.05, 0) is 48.5 Å². The second-order valence-electron chi connectivity index (χ2n) is 7.03. The molecule has 152 valence electrons. The highest BCUT2D eigenvalue weighted by Gasteiger charge is 2.44. The van der Waals surface area contributed by atoms with Gasteiger partial charge in [0.05, 0.1) is 12.0 Å². The number of halogens is 1. The van der Waals surface area contributed by atoms with Crippen LogP contribution in [0.25, 0.3) is 0 Å². The third-order valence-electron chi connectivity index (χ3n) is 5.25. The van der Waals surface area contributed by atoms with E-state index in [0.717, 1.165) is 0 Å². The fourth-order valence-corrected chi connectivity index (χ4v) is 5.16. The van der Waals surface area contributed by atoms with E-state index >= 15 is 0 Å². The third kappa shape index (κ3) is 3.75. The third-order valence-corrected chi connectivity index (χ3v) is 7.42. The van der Waals surface area contributed by atoms with Gasteiger partial charge < -0.3 is 10.1 Å². The van der Waals surface area contributed by atoms with E-state index in [1.807, 2.05) is 0 Å². The average molecular weight is 434 g/mol. The maximum absolute atomic E-state index is 12.9. The molecule has 9 heteroatoms. The molecule has 0 aliphatic carbocycles. The number of hydrogen-bond donors (Lipinski definition) is 1. The first-order chi connectivity index (χ1) is 13.8. The van der Waals surface area contributed by atoms with Gasteiger partial charge in [0.1, 0.15) is 17.1 Å². The Hall–Kier alpha value is -2.42. The first-order valence-electron chi connectivity index (χ1n) is 9.16. The van der Waals surface area contributed by atoms with Crippen LogP contribution in [-0.4, -0.2) is 50.2 Å². The molecule has 1 N–H and O–H groups in total. The Labute approximate surface area is 174 Å². The van der Waals surface area contributed by atoms with E-state index in [2.05, 4.69) is 10.3 Å². The maximum Gasteiger partial charge on any atom is 0.272 e. The molecule has 0 aromatic heterocycles. The molecule has 4 rings (SSSR count). The number of rotatable bonds is 4. The van der Waals surface area contributed by atoms with Crippen LogP contribution in [0, 0.1) is 0 Å². The number of hydrogen-bond acceptors (Lipinski definition) is 5. The Morgan fingerprint density at radius 1 is 1.07 bits per heavy atom. The lowest BCUT2D eigenvalue weighted by molar-refractivity contribution is -0.115. The van der Waals surface area contributed by atoms with Crippen molar-refractivity contribution < 1.29 is 17.9 Å². The molecule has 0 bridgehead atoms. The van der Waals surface area contributed by atoms with Crippen LogP contribution in [0.15, 0.2) is 58.4 Å². The number of ether oxygens (including phenoxy) is 1. The van der Waals surface area contributed by atoms with Crippen LogP contribution in [0.2, 0.25) is 5.02 Å². The average Bonchev–Trinajstić information content (AvgIpc) is 3.04. The van der Waals surface area contributed by atoms with E-state index in [4.69, 9.17) is 16.3 Å². The van der Waals surface area contributed by atoms with Crippen LogP contribution >= 0.6 is 11.6 Å². The fourth-order valence-electron chi connectivity index (χ4n) is 3.60. The summed E-state index contributed by atoms with van der Waals surface area (Å²) in [6.07, 6.45) is 0.816. The molecule has 2 heterocycles. The Balaban J connectivity index is 1.51. The summed E-state index contributed by atoms with van der Waals surface area (Å²) in [4.78, 5) is 17.4. The SMILES string of the molecule is COc1ccc(C2=NC3(CCN(S(=O)(=O)c4ccc(Cl)cc4)CC3)NC2=O)cc1. The number of aliphatic imine (C=N–C) groups is 1. The van der Waals surface area contributed by atoms with Crippen molar-refractivity contribution in [1.82, 2.24) is 9.62 Å². The molecular weight excluding hydrogens is 414 g/mol. The number of nitrogens with one attached hydrogen (secondary N) is 1. The van der Waals surface area contributed by atoms with E-state index in [9.17, 15) is 13.2 Å². The molecule has 7 nitrogen and oxygen atoms in total. The molecule has 0 atom stereocenters. The van der Waals surface area contributed by atoms with Crippen molar-refractivity contribution in [3.63, 3.8) is 0 Å². The van der Waals surface area contributed by atoms with Crippen LogP contribution in [0.3, 0.4) is 0 Å². The fraction of sp³-hybridized carbons (Fsp3) is 0.300. The summed E-state index contributed by atoms with van der Waals surface area (Å²) in [6, 6.07) is 13.2. The molecule has 2 aliphatic rings. The molecule has 0 saturated carbocycles. The van der Waals surface area contributed by atoms with E-state index in [-0.39, 0.29) is 23.9 Å². The maximum atomic E-state index is 12.9. The van der Waals surface area contributed by atoms with Gasteiger partial charge in [-0.1, -0.05) is 11.6 Å². The number of benzene rings is 2. The largest absolute Gasteiger partial charge is 0.497 e. The molecule has 2 aromatic carbocycles. The van der Waals surface area contributed by atoms with Crippen LogP contribution in [-0.2, 0) is 14.8 Å². The van der Waals surface area contributed by atoms with Crippen molar-refractivity contribution in [2.24, 2.45) is 4.99 Å². The molecule has 2 aromatic rings. The predicted octanol–water partition coefficient (Wildman–Crippen LogP) is 2.45. The monoisotopic (exact) mass is 433 g/mol. The summed E-state index contributed by atoms with van der Waals surface area (Å²) < 4.78 is 32.3. The quantitative estimate of drug-likeness (QED) is 0.802. The summed E-state index contributed by atoms with van der Waals surface area (Å²) in [5.41, 5.74) is 0.302. The highest BCUT2D eigenvalue weighted by atomic mass is 35.5. The summed E-state index contributed by atoms with van der Waals surface area (Å²) >= 11 is 5.85. The van der Waals surface area contributed by atoms with E-state index in [0.29, 0.717) is 34.9 Å². The first kappa shape index (κ1) is 19.9. The zero-order chi connectivity index (χ0) is 20.6. The number of amides is 1. The Bertz CT molecular complexity index is 1060. The normalized spacial score (nSPS) is 19.1. The van der Waals surface area contributed by atoms with Crippen LogP contribution in [0.4, 0.5) is 0 Å². The highest BCUT2D eigenvalue weighted by molar-refractivity contribution is 7.89. The first-order valence-corrected chi connectivity index (χ1v) is 11.0. The minimum Gasteiger partial charge on any atom is -0.497 e. The van der Waals surface area contributed by atoms with Gasteiger partial charge in [0, 0.05) is 36.5 Å². The second-order valence-corrected chi connectivity index (χ2v) is 9.41. The topological polar surface area (TPSA) is 88.1 Å². The summed E-state index contributed by atoms with van der Waals surface area (Å²) in [7, 11) is -2.03. The summed E-state index contributed by atoms with van der Waals surface area (Å²) in [6.45, 7) is 0.537. The Kier molecular flexibility index (Phi) is 5.10. The van der Waals surface area contributed by atoms with Gasteiger partial charge in [-0.2, -0.15) is 4.31 Å². The van der Waals surface area contributed by atoms with Gasteiger partial charge in [0.15, 0.2) is 0 Å². The lowest BCUT2D eigenvalue weighted by atomic mass is 10.00. The number of piperidine rings is 1. The molecule has 2 aliphatic heterocycles. The van der Waals surface area contributed by atoms with Crippen molar-refractivity contribution >= 4 is 33.2 Å². The van der Waals surface area contributed by atoms with Crippen LogP contribution in [0.1, 0.15) is 18.4 Å². The minimum absolute atomic E-state index is 0.204. The smallest absolute Gasteiger partial charge is 0.272 e. The van der Waals surface area contributed by atoms with E-state index in [1.165, 1.54) is 16.4 Å². The van der Waals surface area contributed by atoms with Crippen molar-refractivity contribution in [3.05, 3.63) is 59.1 Å². The zero-order valence-electron chi connectivity index (χ0n) is 15.8. The van der Waals surface area contributed by atoms with Crippen molar-refractivity contribution in [3.8, 4) is 5.75 Å². The predicted molar refractivity (Wildman–Crippen MR) is 110 cm³/mol. The lowest BCUT2D eigenvalue weighted by Gasteiger charge is -2.36. The molecule has 1 spiro atoms. The number of sulfonamides is 1. The lowest BCUT2D eigenvalue weighted by Crippen LogP contribution is -2.52. The van der Waals surface area contributed by atoms with Crippen LogP contribution in [0.5, 0.6) is 5.75 Å². The van der Waals surface area contributed by atoms with Gasteiger partial charge in [-0.25, -0.2) is 8.42 Å². The molecule has 1 amide bonds. The van der Waals surface area contributed by atoms with Gasteiger partial charge in [-0.3, -0.25) is 9.79 Å². The van der Waals surface area contributed by atoms with Gasteiger partial charge in [0.25, 0.3) is 5.91 Å². The standard InChI is InChI=1S/C20H20ClN3O4S/c1-28-16-6-2-14(3-7-16)18-19(25)23-20(22-18)10-12-24(13-11-20)29(26,27)17-8-4-15(21)5-9-17/h2-9H,10-13H2,1H3,(H,23,25). The highest BCUT2D eigenvalue weighted by Crippen LogP contribution is 2.31. The number of methoxy groups -OCH3 is 1. The minimum atomic E-state index is -3.61. The number of carbonyl (C=O) groups is 1. The molecule has 0 radical (unpaired) electrons. The number of nitrogens with zero attached hydrogens (tertiary/aromatic N) is 2. The van der Waals surface area contributed by atoms with Crippen molar-refractivity contribution in [2.75, 3.05) is 20.2 Å². The molecule has 1 fully saturated rings. The summed E-state index contributed by atoms with van der Waals surface area (Å²) in [5.74, 6) is 0.451.